The smallest absolute Gasteiger partial charge is 0.129 e. The molecule has 104 valence electrons. The zero-order valence-corrected chi connectivity index (χ0v) is 10.5. The maximum absolute atomic E-state index is 13.0. The van der Waals surface area contributed by atoms with Crippen LogP contribution in [0.3, 0.4) is 0 Å². The van der Waals surface area contributed by atoms with Crippen LogP contribution < -0.4 is 9.47 Å². The van der Waals surface area contributed by atoms with E-state index in [1.54, 1.807) is 18.2 Å². The second kappa shape index (κ2) is 5.09. The Bertz CT molecular complexity index is 623. The summed E-state index contributed by atoms with van der Waals surface area (Å²) in [5, 5.41) is 9.59. The Balaban J connectivity index is 1.72. The number of aliphatic hydroxyl groups excluding tert-OH is 1. The average Bonchev–Trinajstić information content (AvgIpc) is 2.77. The average molecular weight is 278 g/mol. The van der Waals surface area contributed by atoms with Crippen LogP contribution in [0, 0.1) is 11.6 Å². The van der Waals surface area contributed by atoms with Crippen LogP contribution in [0.15, 0.2) is 36.4 Å². The number of benzene rings is 2. The van der Waals surface area contributed by atoms with Gasteiger partial charge in [0, 0.05) is 17.7 Å². The van der Waals surface area contributed by atoms with E-state index < -0.39 is 17.7 Å². The van der Waals surface area contributed by atoms with Crippen molar-refractivity contribution in [3.8, 4) is 11.5 Å². The number of fused-ring (bicyclic) bond motifs is 1. The number of aliphatic hydroxyl groups is 1. The summed E-state index contributed by atoms with van der Waals surface area (Å²) in [6.45, 7) is 0.282. The fourth-order valence-electron chi connectivity index (χ4n) is 2.12. The Morgan fingerprint density at radius 2 is 1.90 bits per heavy atom. The Kier molecular flexibility index (Phi) is 3.28. The van der Waals surface area contributed by atoms with Crippen LogP contribution in [0.4, 0.5) is 8.78 Å². The van der Waals surface area contributed by atoms with Crippen molar-refractivity contribution in [2.75, 3.05) is 6.61 Å². The van der Waals surface area contributed by atoms with Crippen molar-refractivity contribution in [1.82, 2.24) is 0 Å². The molecule has 1 unspecified atom stereocenters. The van der Waals surface area contributed by atoms with E-state index in [1.165, 1.54) is 12.1 Å². The van der Waals surface area contributed by atoms with Crippen LogP contribution in [-0.4, -0.2) is 11.7 Å². The number of halogens is 2. The van der Waals surface area contributed by atoms with E-state index >= 15 is 0 Å². The van der Waals surface area contributed by atoms with Crippen LogP contribution in [0.5, 0.6) is 11.5 Å². The lowest BCUT2D eigenvalue weighted by Crippen LogP contribution is -1.97. The predicted octanol–water partition coefficient (Wildman–Crippen LogP) is 2.97. The zero-order valence-electron chi connectivity index (χ0n) is 10.5. The summed E-state index contributed by atoms with van der Waals surface area (Å²) >= 11 is 0. The Labute approximate surface area is 114 Å². The molecule has 1 N–H and O–H groups in total. The molecule has 2 aromatic carbocycles. The van der Waals surface area contributed by atoms with Gasteiger partial charge in [-0.2, -0.15) is 0 Å². The van der Waals surface area contributed by atoms with Crippen LogP contribution in [-0.2, 0) is 6.61 Å². The molecule has 1 aliphatic heterocycles. The molecule has 0 radical (unpaired) electrons. The maximum Gasteiger partial charge on any atom is 0.129 e. The van der Waals surface area contributed by atoms with Crippen LogP contribution in [0.25, 0.3) is 0 Å². The SMILES string of the molecule is OC1COc2cc(OCc3cc(F)cc(F)c3)ccc21. The third kappa shape index (κ3) is 2.58. The van der Waals surface area contributed by atoms with Gasteiger partial charge in [-0.25, -0.2) is 8.78 Å². The molecular formula is C15H12F2O3. The van der Waals surface area contributed by atoms with E-state index in [-0.39, 0.29) is 13.2 Å². The summed E-state index contributed by atoms with van der Waals surface area (Å²) < 4.78 is 36.8. The third-order valence-corrected chi connectivity index (χ3v) is 3.07. The summed E-state index contributed by atoms with van der Waals surface area (Å²) in [6, 6.07) is 8.31. The highest BCUT2D eigenvalue weighted by Crippen LogP contribution is 2.35. The van der Waals surface area contributed by atoms with Crippen LogP contribution in [0.1, 0.15) is 17.2 Å². The monoisotopic (exact) mass is 278 g/mol. The molecule has 1 heterocycles. The molecule has 0 fully saturated rings. The molecule has 2 aromatic rings. The van der Waals surface area contributed by atoms with Crippen molar-refractivity contribution < 1.29 is 23.4 Å². The summed E-state index contributed by atoms with van der Waals surface area (Å²) in [5.74, 6) is -0.184. The van der Waals surface area contributed by atoms with Gasteiger partial charge in [-0.1, -0.05) is 0 Å². The maximum atomic E-state index is 13.0. The topological polar surface area (TPSA) is 38.7 Å². The number of rotatable bonds is 3. The van der Waals surface area contributed by atoms with E-state index in [9.17, 15) is 13.9 Å². The van der Waals surface area contributed by atoms with Crippen molar-refractivity contribution in [2.45, 2.75) is 12.7 Å². The largest absolute Gasteiger partial charge is 0.490 e. The van der Waals surface area contributed by atoms with Gasteiger partial charge in [0.15, 0.2) is 0 Å². The highest BCUT2D eigenvalue weighted by Gasteiger charge is 2.22. The van der Waals surface area contributed by atoms with Crippen LogP contribution >= 0.6 is 0 Å². The zero-order chi connectivity index (χ0) is 14.1. The first-order chi connectivity index (χ1) is 9.61. The lowest BCUT2D eigenvalue weighted by Gasteiger charge is -2.08. The molecule has 0 saturated heterocycles. The minimum absolute atomic E-state index is 0.0516. The molecule has 0 bridgehead atoms. The fraction of sp³-hybridized carbons (Fsp3) is 0.200. The van der Waals surface area contributed by atoms with Gasteiger partial charge < -0.3 is 14.6 Å². The molecule has 5 heteroatoms. The lowest BCUT2D eigenvalue weighted by molar-refractivity contribution is 0.140. The standard InChI is InChI=1S/C15H12F2O3/c16-10-3-9(4-11(17)5-10)7-19-12-1-2-13-14(18)8-20-15(13)6-12/h1-6,14,18H,7-8H2. The minimum Gasteiger partial charge on any atom is -0.490 e. The number of hydrogen-bond acceptors (Lipinski definition) is 3. The minimum atomic E-state index is -0.635. The Hall–Kier alpha value is -2.14. The Morgan fingerprint density at radius 3 is 2.65 bits per heavy atom. The fourth-order valence-corrected chi connectivity index (χ4v) is 2.12. The second-order valence-corrected chi connectivity index (χ2v) is 4.59. The summed E-state index contributed by atoms with van der Waals surface area (Å²) in [7, 11) is 0. The quantitative estimate of drug-likeness (QED) is 0.938. The van der Waals surface area contributed by atoms with E-state index in [2.05, 4.69) is 0 Å². The van der Waals surface area contributed by atoms with Crippen molar-refractivity contribution in [1.29, 1.82) is 0 Å². The van der Waals surface area contributed by atoms with Crippen LogP contribution in [0.2, 0.25) is 0 Å². The Morgan fingerprint density at radius 1 is 1.15 bits per heavy atom. The molecular weight excluding hydrogens is 266 g/mol. The predicted molar refractivity (Wildman–Crippen MR) is 67.6 cm³/mol. The van der Waals surface area contributed by atoms with Crippen molar-refractivity contribution >= 4 is 0 Å². The van der Waals surface area contributed by atoms with Gasteiger partial charge in [-0.05, 0) is 29.8 Å². The first-order valence-corrected chi connectivity index (χ1v) is 6.14. The molecule has 0 amide bonds. The van der Waals surface area contributed by atoms with Crippen molar-refractivity contribution in [3.63, 3.8) is 0 Å². The highest BCUT2D eigenvalue weighted by atomic mass is 19.1. The van der Waals surface area contributed by atoms with Crippen molar-refractivity contribution in [3.05, 3.63) is 59.2 Å². The molecule has 3 rings (SSSR count). The van der Waals surface area contributed by atoms with E-state index in [1.807, 2.05) is 0 Å². The summed E-state index contributed by atoms with van der Waals surface area (Å²) in [4.78, 5) is 0. The first-order valence-electron chi connectivity index (χ1n) is 6.14. The first kappa shape index (κ1) is 12.9. The number of ether oxygens (including phenoxy) is 2. The summed E-state index contributed by atoms with van der Waals surface area (Å²) in [5.41, 5.74) is 1.12. The van der Waals surface area contributed by atoms with E-state index in [4.69, 9.17) is 9.47 Å². The second-order valence-electron chi connectivity index (χ2n) is 4.59. The molecule has 0 aliphatic carbocycles. The molecule has 3 nitrogen and oxygen atoms in total. The third-order valence-electron chi connectivity index (χ3n) is 3.07. The lowest BCUT2D eigenvalue weighted by atomic mass is 10.1. The molecule has 1 atom stereocenters. The summed E-state index contributed by atoms with van der Waals surface area (Å²) in [6.07, 6.45) is -0.614. The van der Waals surface area contributed by atoms with Gasteiger partial charge in [0.2, 0.25) is 0 Å². The van der Waals surface area contributed by atoms with Gasteiger partial charge in [-0.15, -0.1) is 0 Å². The molecule has 0 aromatic heterocycles. The van der Waals surface area contributed by atoms with Gasteiger partial charge >= 0.3 is 0 Å². The van der Waals surface area contributed by atoms with Gasteiger partial charge in [-0.3, -0.25) is 0 Å². The van der Waals surface area contributed by atoms with Crippen molar-refractivity contribution in [2.24, 2.45) is 0 Å². The molecule has 20 heavy (non-hydrogen) atoms. The van der Waals surface area contributed by atoms with E-state index in [0.29, 0.717) is 22.6 Å². The van der Waals surface area contributed by atoms with Gasteiger partial charge in [0.25, 0.3) is 0 Å². The number of hydrogen-bond donors (Lipinski definition) is 1. The highest BCUT2D eigenvalue weighted by molar-refractivity contribution is 5.44. The van der Waals surface area contributed by atoms with Gasteiger partial charge in [0.1, 0.15) is 42.5 Å². The van der Waals surface area contributed by atoms with E-state index in [0.717, 1.165) is 6.07 Å². The van der Waals surface area contributed by atoms with Gasteiger partial charge in [0.05, 0.1) is 0 Å². The normalized spacial score (nSPS) is 16.6. The molecule has 1 aliphatic rings. The molecule has 0 saturated carbocycles. The molecule has 0 spiro atoms.